The van der Waals surface area contributed by atoms with Crippen molar-refractivity contribution in [3.63, 3.8) is 0 Å². The largest absolute Gasteiger partial charge is 0.396 e. The lowest BCUT2D eigenvalue weighted by molar-refractivity contribution is -0.114. The highest BCUT2D eigenvalue weighted by molar-refractivity contribution is 5.89. The number of aromatic nitrogens is 3. The third-order valence-electron chi connectivity index (χ3n) is 5.75. The molecular weight excluding hydrogens is 392 g/mol. The van der Waals surface area contributed by atoms with E-state index >= 15 is 0 Å². The Morgan fingerprint density at radius 2 is 2.10 bits per heavy atom. The molecule has 164 valence electrons. The summed E-state index contributed by atoms with van der Waals surface area (Å²) in [4.78, 5) is 18.7. The van der Waals surface area contributed by atoms with Gasteiger partial charge in [0.25, 0.3) is 0 Å². The summed E-state index contributed by atoms with van der Waals surface area (Å²) in [5.74, 6) is 1.61. The minimum atomic E-state index is -0.106. The van der Waals surface area contributed by atoms with E-state index in [-0.39, 0.29) is 18.6 Å². The quantitative estimate of drug-likeness (QED) is 0.537. The molecule has 1 atom stereocenters. The lowest BCUT2D eigenvalue weighted by Crippen LogP contribution is -2.40. The van der Waals surface area contributed by atoms with Crippen molar-refractivity contribution >= 4 is 34.6 Å². The molecule has 3 heterocycles. The van der Waals surface area contributed by atoms with Gasteiger partial charge in [-0.1, -0.05) is 13.0 Å². The number of amides is 1. The monoisotopic (exact) mass is 422 g/mol. The molecule has 1 aliphatic heterocycles. The molecule has 1 amide bonds. The number of rotatable bonds is 7. The summed E-state index contributed by atoms with van der Waals surface area (Å²) in [5, 5.41) is 20.4. The number of hydrogen-bond donors (Lipinski definition) is 3. The van der Waals surface area contributed by atoms with Crippen LogP contribution in [-0.4, -0.2) is 44.8 Å². The van der Waals surface area contributed by atoms with E-state index in [0.717, 1.165) is 66.4 Å². The molecule has 31 heavy (non-hydrogen) atoms. The average molecular weight is 423 g/mol. The van der Waals surface area contributed by atoms with Gasteiger partial charge in [-0.15, -0.1) is 0 Å². The van der Waals surface area contributed by atoms with Gasteiger partial charge in [-0.25, -0.2) is 4.98 Å². The molecule has 4 rings (SSSR count). The highest BCUT2D eigenvalue weighted by Gasteiger charge is 2.25. The molecule has 1 saturated heterocycles. The van der Waals surface area contributed by atoms with Crippen molar-refractivity contribution < 1.29 is 9.90 Å². The SMILES string of the molecule is CCc1cnn2c(Nc3cccc(NC(C)=O)c3)cc(N3CCCCC3CCO)nc12. The fourth-order valence-corrected chi connectivity index (χ4v) is 4.26. The molecule has 8 heteroatoms. The molecule has 3 aromatic rings. The van der Waals surface area contributed by atoms with Crippen molar-refractivity contribution in [2.24, 2.45) is 0 Å². The molecule has 0 spiro atoms. The number of anilines is 4. The standard InChI is InChI=1S/C23H30N6O2/c1-3-17-15-24-29-22(26-19-8-6-7-18(13-19)25-16(2)31)14-21(27-23(17)29)28-11-5-4-9-20(28)10-12-30/h6-8,13-15,20,26,30H,3-5,9-12H2,1-2H3,(H,25,31). The summed E-state index contributed by atoms with van der Waals surface area (Å²) >= 11 is 0. The highest BCUT2D eigenvalue weighted by atomic mass is 16.3. The van der Waals surface area contributed by atoms with Crippen LogP contribution in [0.4, 0.5) is 23.0 Å². The summed E-state index contributed by atoms with van der Waals surface area (Å²) in [6, 6.07) is 9.92. The molecule has 3 N–H and O–H groups in total. The van der Waals surface area contributed by atoms with Crippen molar-refractivity contribution in [1.82, 2.24) is 14.6 Å². The van der Waals surface area contributed by atoms with Crippen LogP contribution in [-0.2, 0) is 11.2 Å². The zero-order valence-corrected chi connectivity index (χ0v) is 18.1. The first-order chi connectivity index (χ1) is 15.1. The Bertz CT molecular complexity index is 1060. The third-order valence-corrected chi connectivity index (χ3v) is 5.75. The Hall–Kier alpha value is -3.13. The van der Waals surface area contributed by atoms with Gasteiger partial charge in [0.15, 0.2) is 5.65 Å². The Balaban J connectivity index is 1.74. The molecule has 0 radical (unpaired) electrons. The Labute approximate surface area is 182 Å². The minimum Gasteiger partial charge on any atom is -0.396 e. The van der Waals surface area contributed by atoms with E-state index in [0.29, 0.717) is 0 Å². The number of aliphatic hydroxyl groups excluding tert-OH is 1. The number of hydrogen-bond acceptors (Lipinski definition) is 6. The zero-order chi connectivity index (χ0) is 21.8. The molecule has 2 aromatic heterocycles. The number of aliphatic hydroxyl groups is 1. The van der Waals surface area contributed by atoms with Gasteiger partial charge >= 0.3 is 0 Å². The van der Waals surface area contributed by atoms with Crippen molar-refractivity contribution in [2.45, 2.75) is 52.0 Å². The lowest BCUT2D eigenvalue weighted by atomic mass is 9.99. The molecule has 1 unspecified atom stereocenters. The van der Waals surface area contributed by atoms with Gasteiger partial charge in [0.1, 0.15) is 11.6 Å². The lowest BCUT2D eigenvalue weighted by Gasteiger charge is -2.36. The maximum atomic E-state index is 11.4. The summed E-state index contributed by atoms with van der Waals surface area (Å²) in [6.45, 7) is 4.71. The average Bonchev–Trinajstić information content (AvgIpc) is 3.17. The fourth-order valence-electron chi connectivity index (χ4n) is 4.26. The van der Waals surface area contributed by atoms with Gasteiger partial charge in [-0.3, -0.25) is 4.79 Å². The van der Waals surface area contributed by atoms with Crippen LogP contribution in [0.1, 0.15) is 45.1 Å². The topological polar surface area (TPSA) is 94.8 Å². The van der Waals surface area contributed by atoms with Crippen LogP contribution in [0.2, 0.25) is 0 Å². The molecule has 1 fully saturated rings. The second-order valence-corrected chi connectivity index (χ2v) is 8.00. The molecule has 1 aromatic carbocycles. The van der Waals surface area contributed by atoms with Crippen LogP contribution in [0.25, 0.3) is 5.65 Å². The first-order valence-electron chi connectivity index (χ1n) is 11.0. The van der Waals surface area contributed by atoms with Crippen LogP contribution in [0.5, 0.6) is 0 Å². The van der Waals surface area contributed by atoms with E-state index < -0.39 is 0 Å². The van der Waals surface area contributed by atoms with E-state index in [1.807, 2.05) is 41.0 Å². The Kier molecular flexibility index (Phi) is 6.36. The fraction of sp³-hybridized carbons (Fsp3) is 0.435. The van der Waals surface area contributed by atoms with Gasteiger partial charge in [0, 0.05) is 49.1 Å². The number of carbonyl (C=O) groups is 1. The van der Waals surface area contributed by atoms with Crippen LogP contribution in [0.15, 0.2) is 36.5 Å². The number of nitrogens with zero attached hydrogens (tertiary/aromatic N) is 4. The van der Waals surface area contributed by atoms with Crippen molar-refractivity contribution in [2.75, 3.05) is 28.7 Å². The number of fused-ring (bicyclic) bond motifs is 1. The predicted molar refractivity (Wildman–Crippen MR) is 123 cm³/mol. The molecule has 0 aliphatic carbocycles. The maximum absolute atomic E-state index is 11.4. The van der Waals surface area contributed by atoms with Gasteiger partial charge in [0.05, 0.1) is 6.20 Å². The van der Waals surface area contributed by atoms with Crippen molar-refractivity contribution in [3.05, 3.63) is 42.1 Å². The van der Waals surface area contributed by atoms with E-state index in [9.17, 15) is 9.90 Å². The minimum absolute atomic E-state index is 0.106. The van der Waals surface area contributed by atoms with Crippen molar-refractivity contribution in [3.8, 4) is 0 Å². The van der Waals surface area contributed by atoms with Crippen molar-refractivity contribution in [1.29, 1.82) is 0 Å². The molecule has 8 nitrogen and oxygen atoms in total. The number of nitrogens with one attached hydrogen (secondary N) is 2. The Morgan fingerprint density at radius 1 is 1.26 bits per heavy atom. The van der Waals surface area contributed by atoms with Gasteiger partial charge in [-0.05, 0) is 50.3 Å². The summed E-state index contributed by atoms with van der Waals surface area (Å²) in [6.07, 6.45) is 6.82. The van der Waals surface area contributed by atoms with Crippen LogP contribution in [0, 0.1) is 0 Å². The number of aryl methyl sites for hydroxylation is 1. The Morgan fingerprint density at radius 3 is 2.87 bits per heavy atom. The van der Waals surface area contributed by atoms with E-state index in [2.05, 4.69) is 27.6 Å². The van der Waals surface area contributed by atoms with E-state index in [1.165, 1.54) is 13.3 Å². The number of carbonyl (C=O) groups excluding carboxylic acids is 1. The third kappa shape index (κ3) is 4.64. The normalized spacial score (nSPS) is 16.5. The van der Waals surface area contributed by atoms with Gasteiger partial charge in [0.2, 0.25) is 5.91 Å². The van der Waals surface area contributed by atoms with Gasteiger partial charge in [-0.2, -0.15) is 9.61 Å². The summed E-state index contributed by atoms with van der Waals surface area (Å²) < 4.78 is 1.83. The van der Waals surface area contributed by atoms with Gasteiger partial charge < -0.3 is 20.6 Å². The first-order valence-corrected chi connectivity index (χ1v) is 11.0. The zero-order valence-electron chi connectivity index (χ0n) is 18.1. The predicted octanol–water partition coefficient (Wildman–Crippen LogP) is 3.74. The smallest absolute Gasteiger partial charge is 0.221 e. The first kappa shape index (κ1) is 21.1. The second kappa shape index (κ2) is 9.34. The maximum Gasteiger partial charge on any atom is 0.221 e. The van der Waals surface area contributed by atoms with E-state index in [1.54, 1.807) is 0 Å². The number of benzene rings is 1. The van der Waals surface area contributed by atoms with Crippen LogP contribution in [0.3, 0.4) is 0 Å². The molecular formula is C23H30N6O2. The van der Waals surface area contributed by atoms with E-state index in [4.69, 9.17) is 4.98 Å². The van der Waals surface area contributed by atoms with Crippen LogP contribution < -0.4 is 15.5 Å². The van der Waals surface area contributed by atoms with Crippen LogP contribution >= 0.6 is 0 Å². The molecule has 1 aliphatic rings. The second-order valence-electron chi connectivity index (χ2n) is 8.00. The summed E-state index contributed by atoms with van der Waals surface area (Å²) in [5.41, 5.74) is 3.52. The molecule has 0 saturated carbocycles. The molecule has 0 bridgehead atoms. The highest BCUT2D eigenvalue weighted by Crippen LogP contribution is 2.30. The summed E-state index contributed by atoms with van der Waals surface area (Å²) in [7, 11) is 0. The number of piperidine rings is 1.